The largest absolute Gasteiger partial charge is 0.454 e. The number of fused-ring (bicyclic) bond motifs is 1. The fraction of sp³-hybridized carbons (Fsp3) is 0.0769. The third-order valence-corrected chi connectivity index (χ3v) is 2.90. The molecule has 0 unspecified atom stereocenters. The van der Waals surface area contributed by atoms with Gasteiger partial charge in [-0.2, -0.15) is 5.10 Å². The summed E-state index contributed by atoms with van der Waals surface area (Å²) >= 11 is 6.13. The Morgan fingerprint density at radius 1 is 1.21 bits per heavy atom. The molecular formula is C13H10ClN3O2. The first-order chi connectivity index (χ1) is 9.33. The van der Waals surface area contributed by atoms with E-state index in [1.165, 1.54) is 0 Å². The van der Waals surface area contributed by atoms with Gasteiger partial charge in [0, 0.05) is 24.0 Å². The summed E-state index contributed by atoms with van der Waals surface area (Å²) in [5, 5.41) is 4.67. The zero-order valence-corrected chi connectivity index (χ0v) is 10.6. The second-order valence-electron chi connectivity index (χ2n) is 3.83. The minimum absolute atomic E-state index is 0.224. The summed E-state index contributed by atoms with van der Waals surface area (Å²) in [6.07, 6.45) is 5.00. The topological polar surface area (TPSA) is 55.7 Å². The minimum Gasteiger partial charge on any atom is -0.454 e. The standard InChI is InChI=1S/C13H10ClN3O2/c14-11-6-13-12(18-8-19-13)5-9(11)7-16-17-10-1-3-15-4-2-10/h1-7H,8H2,(H,15,17)/b16-7-. The highest BCUT2D eigenvalue weighted by Crippen LogP contribution is 2.36. The van der Waals surface area contributed by atoms with Gasteiger partial charge in [-0.25, -0.2) is 0 Å². The van der Waals surface area contributed by atoms with Gasteiger partial charge >= 0.3 is 0 Å². The van der Waals surface area contributed by atoms with Crippen LogP contribution in [0.15, 0.2) is 41.8 Å². The molecule has 1 aliphatic heterocycles. The van der Waals surface area contributed by atoms with E-state index in [1.807, 2.05) is 12.1 Å². The number of rotatable bonds is 3. The van der Waals surface area contributed by atoms with Crippen molar-refractivity contribution in [2.75, 3.05) is 12.2 Å². The van der Waals surface area contributed by atoms with Gasteiger partial charge in [0.2, 0.25) is 6.79 Å². The van der Waals surface area contributed by atoms with Crippen molar-refractivity contribution >= 4 is 23.5 Å². The van der Waals surface area contributed by atoms with Crippen molar-refractivity contribution in [3.05, 3.63) is 47.2 Å². The molecule has 1 N–H and O–H groups in total. The Morgan fingerprint density at radius 3 is 2.74 bits per heavy atom. The minimum atomic E-state index is 0.224. The number of benzene rings is 1. The number of ether oxygens (including phenoxy) is 2. The molecule has 5 nitrogen and oxygen atoms in total. The van der Waals surface area contributed by atoms with Crippen LogP contribution in [-0.4, -0.2) is 18.0 Å². The fourth-order valence-electron chi connectivity index (χ4n) is 1.63. The monoisotopic (exact) mass is 275 g/mol. The van der Waals surface area contributed by atoms with Crippen LogP contribution in [0.2, 0.25) is 5.02 Å². The fourth-order valence-corrected chi connectivity index (χ4v) is 1.84. The number of nitrogens with one attached hydrogen (secondary N) is 1. The number of aromatic nitrogens is 1. The van der Waals surface area contributed by atoms with Crippen LogP contribution >= 0.6 is 11.6 Å². The van der Waals surface area contributed by atoms with Crippen molar-refractivity contribution in [1.29, 1.82) is 0 Å². The Kier molecular flexibility index (Phi) is 3.20. The molecule has 0 amide bonds. The van der Waals surface area contributed by atoms with Crippen LogP contribution in [0.3, 0.4) is 0 Å². The molecule has 0 saturated heterocycles. The smallest absolute Gasteiger partial charge is 0.231 e. The lowest BCUT2D eigenvalue weighted by molar-refractivity contribution is 0.174. The summed E-state index contributed by atoms with van der Waals surface area (Å²) in [5.41, 5.74) is 4.49. The highest BCUT2D eigenvalue weighted by atomic mass is 35.5. The molecule has 0 aliphatic carbocycles. The molecule has 19 heavy (non-hydrogen) atoms. The molecule has 0 spiro atoms. The zero-order valence-electron chi connectivity index (χ0n) is 9.84. The van der Waals surface area contributed by atoms with Gasteiger partial charge in [-0.05, 0) is 18.2 Å². The molecule has 3 rings (SSSR count). The van der Waals surface area contributed by atoms with Crippen molar-refractivity contribution in [1.82, 2.24) is 4.98 Å². The number of nitrogens with zero attached hydrogens (tertiary/aromatic N) is 2. The van der Waals surface area contributed by atoms with Crippen molar-refractivity contribution in [3.63, 3.8) is 0 Å². The van der Waals surface area contributed by atoms with Crippen LogP contribution in [-0.2, 0) is 0 Å². The zero-order chi connectivity index (χ0) is 13.1. The maximum atomic E-state index is 6.13. The number of halogens is 1. The van der Waals surface area contributed by atoms with Crippen molar-refractivity contribution < 1.29 is 9.47 Å². The van der Waals surface area contributed by atoms with E-state index in [0.29, 0.717) is 16.5 Å². The van der Waals surface area contributed by atoms with E-state index in [4.69, 9.17) is 21.1 Å². The second kappa shape index (κ2) is 5.16. The van der Waals surface area contributed by atoms with Crippen LogP contribution < -0.4 is 14.9 Å². The lowest BCUT2D eigenvalue weighted by Crippen LogP contribution is -1.93. The Hall–Kier alpha value is -2.27. The predicted octanol–water partition coefficient (Wildman–Crippen LogP) is 2.91. The van der Waals surface area contributed by atoms with Gasteiger partial charge in [-0.1, -0.05) is 11.6 Å². The quantitative estimate of drug-likeness (QED) is 0.691. The van der Waals surface area contributed by atoms with E-state index < -0.39 is 0 Å². The average Bonchev–Trinajstić information content (AvgIpc) is 2.87. The van der Waals surface area contributed by atoms with Gasteiger partial charge in [-0.3, -0.25) is 10.4 Å². The highest BCUT2D eigenvalue weighted by Gasteiger charge is 2.15. The first-order valence-corrected chi connectivity index (χ1v) is 5.99. The highest BCUT2D eigenvalue weighted by molar-refractivity contribution is 6.33. The van der Waals surface area contributed by atoms with Crippen molar-refractivity contribution in [3.8, 4) is 11.5 Å². The van der Waals surface area contributed by atoms with Crippen LogP contribution in [0.4, 0.5) is 5.69 Å². The van der Waals surface area contributed by atoms with Crippen LogP contribution in [0, 0.1) is 0 Å². The van der Waals surface area contributed by atoms with E-state index in [-0.39, 0.29) is 6.79 Å². The van der Waals surface area contributed by atoms with Crippen LogP contribution in [0.1, 0.15) is 5.56 Å². The molecule has 1 aromatic heterocycles. The predicted molar refractivity (Wildman–Crippen MR) is 73.0 cm³/mol. The van der Waals surface area contributed by atoms with E-state index >= 15 is 0 Å². The van der Waals surface area contributed by atoms with Crippen molar-refractivity contribution in [2.45, 2.75) is 0 Å². The number of pyridine rings is 1. The van der Waals surface area contributed by atoms with Gasteiger partial charge in [0.25, 0.3) is 0 Å². The lowest BCUT2D eigenvalue weighted by atomic mass is 10.2. The van der Waals surface area contributed by atoms with Crippen LogP contribution in [0.25, 0.3) is 0 Å². The normalized spacial score (nSPS) is 12.9. The first kappa shape index (κ1) is 11.8. The summed E-state index contributed by atoms with van der Waals surface area (Å²) in [6.45, 7) is 0.224. The Balaban J connectivity index is 1.76. The third-order valence-electron chi connectivity index (χ3n) is 2.57. The summed E-state index contributed by atoms with van der Waals surface area (Å²) < 4.78 is 10.5. The molecule has 96 valence electrons. The maximum Gasteiger partial charge on any atom is 0.231 e. The first-order valence-electron chi connectivity index (χ1n) is 5.61. The molecule has 0 atom stereocenters. The van der Waals surface area contributed by atoms with Crippen molar-refractivity contribution in [2.24, 2.45) is 5.10 Å². The molecule has 0 saturated carbocycles. The van der Waals surface area contributed by atoms with Gasteiger partial charge in [0.1, 0.15) is 0 Å². The number of hydrazone groups is 1. The average molecular weight is 276 g/mol. The molecule has 1 aromatic carbocycles. The Bertz CT molecular complexity index is 617. The number of anilines is 1. The van der Waals surface area contributed by atoms with Crippen LogP contribution in [0.5, 0.6) is 11.5 Å². The summed E-state index contributed by atoms with van der Waals surface area (Å²) in [6, 6.07) is 7.15. The molecular weight excluding hydrogens is 266 g/mol. The van der Waals surface area contributed by atoms with E-state index in [0.717, 1.165) is 11.3 Å². The maximum absolute atomic E-state index is 6.13. The number of hydrogen-bond donors (Lipinski definition) is 1. The van der Waals surface area contributed by atoms with Gasteiger partial charge in [-0.15, -0.1) is 0 Å². The van der Waals surface area contributed by atoms with Gasteiger partial charge in [0.05, 0.1) is 16.9 Å². The molecule has 2 heterocycles. The number of hydrogen-bond acceptors (Lipinski definition) is 5. The molecule has 0 bridgehead atoms. The summed E-state index contributed by atoms with van der Waals surface area (Å²) in [7, 11) is 0. The summed E-state index contributed by atoms with van der Waals surface area (Å²) in [5.74, 6) is 1.33. The molecule has 2 aromatic rings. The SMILES string of the molecule is Clc1cc2c(cc1/C=N\Nc1ccncc1)OCO2. The Morgan fingerprint density at radius 2 is 1.95 bits per heavy atom. The molecule has 0 fully saturated rings. The van der Waals surface area contributed by atoms with E-state index in [9.17, 15) is 0 Å². The second-order valence-corrected chi connectivity index (χ2v) is 4.24. The third kappa shape index (κ3) is 2.61. The summed E-state index contributed by atoms with van der Waals surface area (Å²) in [4.78, 5) is 3.92. The Labute approximate surface area is 114 Å². The lowest BCUT2D eigenvalue weighted by Gasteiger charge is -2.02. The van der Waals surface area contributed by atoms with Gasteiger partial charge < -0.3 is 9.47 Å². The van der Waals surface area contributed by atoms with E-state index in [1.54, 1.807) is 30.7 Å². The molecule has 1 aliphatic rings. The molecule has 6 heteroatoms. The molecule has 0 radical (unpaired) electrons. The van der Waals surface area contributed by atoms with E-state index in [2.05, 4.69) is 15.5 Å². The van der Waals surface area contributed by atoms with Gasteiger partial charge in [0.15, 0.2) is 11.5 Å².